The summed E-state index contributed by atoms with van der Waals surface area (Å²) >= 11 is 4.73. The number of benzene rings is 3. The lowest BCUT2D eigenvalue weighted by Crippen LogP contribution is -2.15. The number of nitrogens with zero attached hydrogens (tertiary/aromatic N) is 3. The van der Waals surface area contributed by atoms with E-state index in [1.54, 1.807) is 18.2 Å². The summed E-state index contributed by atoms with van der Waals surface area (Å²) in [5.41, 5.74) is 4.37. The van der Waals surface area contributed by atoms with Gasteiger partial charge in [-0.1, -0.05) is 53.7 Å². The first-order valence-electron chi connectivity index (χ1n) is 9.92. The van der Waals surface area contributed by atoms with Gasteiger partial charge in [0.2, 0.25) is 5.91 Å². The van der Waals surface area contributed by atoms with E-state index in [0.29, 0.717) is 22.2 Å². The first-order valence-corrected chi connectivity index (χ1v) is 11.7. The minimum Gasteiger partial charge on any atom is -0.507 e. The second kappa shape index (κ2) is 9.58. The van der Waals surface area contributed by atoms with Gasteiger partial charge < -0.3 is 10.4 Å². The van der Waals surface area contributed by atoms with Crippen LogP contribution in [0.15, 0.2) is 76.4 Å². The zero-order valence-electron chi connectivity index (χ0n) is 17.5. The number of amides is 1. The van der Waals surface area contributed by atoms with Gasteiger partial charge in [-0.3, -0.25) is 9.36 Å². The highest BCUT2D eigenvalue weighted by Crippen LogP contribution is 2.34. The molecule has 0 aliphatic rings. The van der Waals surface area contributed by atoms with Crippen LogP contribution in [-0.4, -0.2) is 31.5 Å². The predicted octanol–water partition coefficient (Wildman–Crippen LogP) is 5.75. The minimum absolute atomic E-state index is 0.120. The van der Waals surface area contributed by atoms with Gasteiger partial charge in [-0.2, -0.15) is 0 Å². The summed E-state index contributed by atoms with van der Waals surface area (Å²) < 4.78 is 2.71. The van der Waals surface area contributed by atoms with Crippen molar-refractivity contribution >= 4 is 39.3 Å². The number of nitrogens with one attached hydrogen (secondary N) is 1. The van der Waals surface area contributed by atoms with Gasteiger partial charge in [-0.25, -0.2) is 0 Å². The summed E-state index contributed by atoms with van der Waals surface area (Å²) in [6.45, 7) is 4.06. The van der Waals surface area contributed by atoms with Crippen molar-refractivity contribution in [2.45, 2.75) is 19.0 Å². The average molecular weight is 509 g/mol. The Morgan fingerprint density at radius 2 is 1.81 bits per heavy atom. The van der Waals surface area contributed by atoms with E-state index in [-0.39, 0.29) is 17.4 Å². The normalized spacial score (nSPS) is 10.8. The zero-order chi connectivity index (χ0) is 22.7. The van der Waals surface area contributed by atoms with Crippen molar-refractivity contribution in [2.75, 3.05) is 11.1 Å². The smallest absolute Gasteiger partial charge is 0.234 e. The number of phenolic OH excluding ortho intramolecular Hbond substituents is 1. The molecule has 0 bridgehead atoms. The van der Waals surface area contributed by atoms with Crippen LogP contribution in [0.5, 0.6) is 5.75 Å². The van der Waals surface area contributed by atoms with Crippen LogP contribution in [0, 0.1) is 13.8 Å². The number of aromatic hydroxyl groups is 1. The van der Waals surface area contributed by atoms with Crippen molar-refractivity contribution in [3.63, 3.8) is 0 Å². The highest BCUT2D eigenvalue weighted by molar-refractivity contribution is 9.10. The molecule has 1 amide bonds. The highest BCUT2D eigenvalue weighted by Gasteiger charge is 2.20. The summed E-state index contributed by atoms with van der Waals surface area (Å²) in [5.74, 6) is 0.643. The SMILES string of the molecule is Cc1ccc(-n2c(SCC(=O)Nc3ccccc3Br)nnc2-c2ccccc2O)c(C)c1. The topological polar surface area (TPSA) is 80.0 Å². The molecule has 3 aromatic carbocycles. The van der Waals surface area contributed by atoms with Crippen molar-refractivity contribution < 1.29 is 9.90 Å². The molecule has 0 atom stereocenters. The highest BCUT2D eigenvalue weighted by atomic mass is 79.9. The van der Waals surface area contributed by atoms with Gasteiger partial charge in [0.25, 0.3) is 0 Å². The molecule has 1 aromatic heterocycles. The molecule has 0 aliphatic carbocycles. The van der Waals surface area contributed by atoms with Gasteiger partial charge in [0.05, 0.1) is 22.7 Å². The predicted molar refractivity (Wildman–Crippen MR) is 131 cm³/mol. The van der Waals surface area contributed by atoms with E-state index < -0.39 is 0 Å². The summed E-state index contributed by atoms with van der Waals surface area (Å²) in [6.07, 6.45) is 0. The molecule has 8 heteroatoms. The van der Waals surface area contributed by atoms with Crippen LogP contribution in [-0.2, 0) is 4.79 Å². The van der Waals surface area contributed by atoms with Gasteiger partial charge >= 0.3 is 0 Å². The minimum atomic E-state index is -0.152. The maximum absolute atomic E-state index is 12.6. The molecule has 162 valence electrons. The lowest BCUT2D eigenvalue weighted by Gasteiger charge is -2.14. The molecular weight excluding hydrogens is 488 g/mol. The van der Waals surface area contributed by atoms with Crippen LogP contribution in [0.25, 0.3) is 17.1 Å². The third-order valence-corrected chi connectivity index (χ3v) is 6.47. The molecular formula is C24H21BrN4O2S. The van der Waals surface area contributed by atoms with Crippen LogP contribution in [0.4, 0.5) is 5.69 Å². The lowest BCUT2D eigenvalue weighted by atomic mass is 10.1. The van der Waals surface area contributed by atoms with E-state index in [4.69, 9.17) is 0 Å². The number of thioether (sulfide) groups is 1. The molecule has 4 aromatic rings. The Labute approximate surface area is 198 Å². The molecule has 0 spiro atoms. The maximum atomic E-state index is 12.6. The molecule has 0 fully saturated rings. The van der Waals surface area contributed by atoms with Crippen molar-refractivity contribution in [1.82, 2.24) is 14.8 Å². The number of carbonyl (C=O) groups is 1. The van der Waals surface area contributed by atoms with Crippen molar-refractivity contribution in [1.29, 1.82) is 0 Å². The van der Waals surface area contributed by atoms with Crippen LogP contribution in [0.1, 0.15) is 11.1 Å². The van der Waals surface area contributed by atoms with Gasteiger partial charge in [-0.15, -0.1) is 10.2 Å². The number of aryl methyl sites for hydroxylation is 2. The van der Waals surface area contributed by atoms with Crippen molar-refractivity contribution in [3.05, 3.63) is 82.3 Å². The van der Waals surface area contributed by atoms with Crippen molar-refractivity contribution in [2.24, 2.45) is 0 Å². The fraction of sp³-hybridized carbons (Fsp3) is 0.125. The number of para-hydroxylation sites is 2. The molecule has 0 saturated carbocycles. The van der Waals surface area contributed by atoms with E-state index in [1.807, 2.05) is 60.9 Å². The molecule has 0 aliphatic heterocycles. The first kappa shape index (κ1) is 22.1. The first-order chi connectivity index (χ1) is 15.4. The van der Waals surface area contributed by atoms with Crippen molar-refractivity contribution in [3.8, 4) is 22.8 Å². The van der Waals surface area contributed by atoms with E-state index in [9.17, 15) is 9.90 Å². The third-order valence-electron chi connectivity index (χ3n) is 4.85. The quantitative estimate of drug-likeness (QED) is 0.324. The fourth-order valence-electron chi connectivity index (χ4n) is 3.35. The molecule has 0 unspecified atom stereocenters. The number of anilines is 1. The monoisotopic (exact) mass is 508 g/mol. The molecule has 6 nitrogen and oxygen atoms in total. The Morgan fingerprint density at radius 1 is 1.06 bits per heavy atom. The van der Waals surface area contributed by atoms with Gasteiger partial charge in [-0.05, 0) is 65.7 Å². The Bertz CT molecular complexity index is 1290. The standard InChI is InChI=1S/C24H21BrN4O2S/c1-15-11-12-20(16(2)13-15)29-23(17-7-3-6-10-21(17)30)27-28-24(29)32-14-22(31)26-19-9-5-4-8-18(19)25/h3-13,30H,14H2,1-2H3,(H,26,31). The van der Waals surface area contributed by atoms with Crippen LogP contribution in [0.2, 0.25) is 0 Å². The van der Waals surface area contributed by atoms with Crippen LogP contribution < -0.4 is 5.32 Å². The number of aromatic nitrogens is 3. The Hall–Kier alpha value is -3.10. The molecule has 0 radical (unpaired) electrons. The Morgan fingerprint density at radius 3 is 2.56 bits per heavy atom. The van der Waals surface area contributed by atoms with E-state index in [1.165, 1.54) is 11.8 Å². The molecule has 32 heavy (non-hydrogen) atoms. The lowest BCUT2D eigenvalue weighted by molar-refractivity contribution is -0.113. The van der Waals surface area contributed by atoms with Gasteiger partial charge in [0, 0.05) is 4.47 Å². The maximum Gasteiger partial charge on any atom is 0.234 e. The summed E-state index contributed by atoms with van der Waals surface area (Å²) in [6, 6.07) is 20.6. The number of halogens is 1. The second-order valence-corrected chi connectivity index (χ2v) is 9.06. The van der Waals surface area contributed by atoms with Gasteiger partial charge in [0.15, 0.2) is 11.0 Å². The average Bonchev–Trinajstić information content (AvgIpc) is 3.18. The summed E-state index contributed by atoms with van der Waals surface area (Å²) in [5, 5.41) is 22.6. The number of carbonyl (C=O) groups excluding carboxylic acids is 1. The second-order valence-electron chi connectivity index (χ2n) is 7.27. The molecule has 1 heterocycles. The molecule has 2 N–H and O–H groups in total. The Kier molecular flexibility index (Phi) is 6.62. The third kappa shape index (κ3) is 4.71. The number of hydrogen-bond acceptors (Lipinski definition) is 5. The number of hydrogen-bond donors (Lipinski definition) is 2. The summed E-state index contributed by atoms with van der Waals surface area (Å²) in [4.78, 5) is 12.6. The molecule has 4 rings (SSSR count). The number of rotatable bonds is 6. The zero-order valence-corrected chi connectivity index (χ0v) is 19.9. The van der Waals surface area contributed by atoms with Crippen LogP contribution >= 0.6 is 27.7 Å². The Balaban J connectivity index is 1.67. The van der Waals surface area contributed by atoms with E-state index in [0.717, 1.165) is 21.3 Å². The van der Waals surface area contributed by atoms with E-state index >= 15 is 0 Å². The van der Waals surface area contributed by atoms with E-state index in [2.05, 4.69) is 37.5 Å². The summed E-state index contributed by atoms with van der Waals surface area (Å²) in [7, 11) is 0. The van der Waals surface area contributed by atoms with Crippen LogP contribution in [0.3, 0.4) is 0 Å². The fourth-order valence-corrected chi connectivity index (χ4v) is 4.48. The largest absolute Gasteiger partial charge is 0.507 e. The molecule has 0 saturated heterocycles. The van der Waals surface area contributed by atoms with Gasteiger partial charge in [0.1, 0.15) is 5.75 Å². The number of phenols is 1.